The Morgan fingerprint density at radius 2 is 2.12 bits per heavy atom. The highest BCUT2D eigenvalue weighted by molar-refractivity contribution is 5.91. The van der Waals surface area contributed by atoms with Gasteiger partial charge in [0.15, 0.2) is 0 Å². The van der Waals surface area contributed by atoms with Crippen LogP contribution in [0.5, 0.6) is 0 Å². The van der Waals surface area contributed by atoms with Crippen molar-refractivity contribution in [2.24, 2.45) is 0 Å². The molecule has 1 aromatic heterocycles. The Bertz CT molecular complexity index is 718. The standard InChI is InChI=1S/C16H14F3N3O2/c17-16(18,19)12-3-1-2-11(8-12)14(23)9-21-15(24)5-4-13-6-7-20-10-22-13/h1-8,10,14,23H,9H2,(H,21,24)/b5-4+. The average Bonchev–Trinajstić information content (AvgIpc) is 2.58. The molecule has 126 valence electrons. The van der Waals surface area contributed by atoms with Gasteiger partial charge in [-0.2, -0.15) is 13.2 Å². The Labute approximate surface area is 135 Å². The van der Waals surface area contributed by atoms with E-state index in [9.17, 15) is 23.1 Å². The average molecular weight is 337 g/mol. The van der Waals surface area contributed by atoms with Crippen molar-refractivity contribution in [2.45, 2.75) is 12.3 Å². The molecule has 0 aliphatic heterocycles. The van der Waals surface area contributed by atoms with Crippen molar-refractivity contribution in [1.29, 1.82) is 0 Å². The lowest BCUT2D eigenvalue weighted by atomic mass is 10.1. The molecule has 0 saturated carbocycles. The van der Waals surface area contributed by atoms with Crippen LogP contribution in [0.15, 0.2) is 48.9 Å². The van der Waals surface area contributed by atoms with E-state index in [0.717, 1.165) is 12.1 Å². The van der Waals surface area contributed by atoms with E-state index in [1.807, 2.05) is 0 Å². The molecule has 2 rings (SSSR count). The minimum atomic E-state index is -4.49. The number of nitrogens with zero attached hydrogens (tertiary/aromatic N) is 2. The number of carbonyl (C=O) groups excluding carboxylic acids is 1. The predicted octanol–water partition coefficient (Wildman–Crippen LogP) is 2.36. The van der Waals surface area contributed by atoms with Crippen molar-refractivity contribution in [1.82, 2.24) is 15.3 Å². The fourth-order valence-electron chi connectivity index (χ4n) is 1.86. The Hall–Kier alpha value is -2.74. The molecule has 1 amide bonds. The summed E-state index contributed by atoms with van der Waals surface area (Å²) in [5.41, 5.74) is -0.252. The topological polar surface area (TPSA) is 75.1 Å². The molecule has 2 aromatic rings. The third-order valence-electron chi connectivity index (χ3n) is 3.08. The summed E-state index contributed by atoms with van der Waals surface area (Å²) in [5, 5.41) is 12.3. The number of amides is 1. The number of nitrogens with one attached hydrogen (secondary N) is 1. The molecule has 1 aromatic carbocycles. The first kappa shape index (κ1) is 17.6. The molecule has 0 aliphatic carbocycles. The maximum absolute atomic E-state index is 12.6. The number of carbonyl (C=O) groups is 1. The molecule has 2 N–H and O–H groups in total. The van der Waals surface area contributed by atoms with Crippen molar-refractivity contribution in [3.8, 4) is 0 Å². The van der Waals surface area contributed by atoms with E-state index in [1.165, 1.54) is 36.8 Å². The maximum atomic E-state index is 12.6. The number of benzene rings is 1. The van der Waals surface area contributed by atoms with Crippen LogP contribution in [0.1, 0.15) is 22.9 Å². The molecule has 8 heteroatoms. The second-order valence-corrected chi connectivity index (χ2v) is 4.85. The fourth-order valence-corrected chi connectivity index (χ4v) is 1.86. The zero-order chi connectivity index (χ0) is 17.6. The van der Waals surface area contributed by atoms with Gasteiger partial charge in [0.25, 0.3) is 0 Å². The van der Waals surface area contributed by atoms with Crippen molar-refractivity contribution in [3.05, 3.63) is 65.8 Å². The van der Waals surface area contributed by atoms with Crippen LogP contribution in [-0.2, 0) is 11.0 Å². The third kappa shape index (κ3) is 5.17. The highest BCUT2D eigenvalue weighted by Gasteiger charge is 2.30. The number of alkyl halides is 3. The first-order valence-electron chi connectivity index (χ1n) is 6.93. The summed E-state index contributed by atoms with van der Waals surface area (Å²) >= 11 is 0. The normalized spacial score (nSPS) is 13.0. The fraction of sp³-hybridized carbons (Fsp3) is 0.188. The molecule has 1 heterocycles. The van der Waals surface area contributed by atoms with Gasteiger partial charge in [-0.05, 0) is 29.8 Å². The van der Waals surface area contributed by atoms with E-state index < -0.39 is 23.8 Å². The van der Waals surface area contributed by atoms with Gasteiger partial charge in [0, 0.05) is 18.8 Å². The summed E-state index contributed by atoms with van der Waals surface area (Å²) in [4.78, 5) is 19.3. The quantitative estimate of drug-likeness (QED) is 0.822. The zero-order valence-corrected chi connectivity index (χ0v) is 12.4. The molecule has 0 saturated heterocycles. The smallest absolute Gasteiger partial charge is 0.387 e. The van der Waals surface area contributed by atoms with Gasteiger partial charge in [0.05, 0.1) is 17.4 Å². The van der Waals surface area contributed by atoms with Crippen molar-refractivity contribution in [2.75, 3.05) is 6.54 Å². The van der Waals surface area contributed by atoms with E-state index in [0.29, 0.717) is 5.69 Å². The predicted molar refractivity (Wildman–Crippen MR) is 80.5 cm³/mol. The van der Waals surface area contributed by atoms with Gasteiger partial charge in [-0.25, -0.2) is 9.97 Å². The molecule has 1 atom stereocenters. The third-order valence-corrected chi connectivity index (χ3v) is 3.08. The van der Waals surface area contributed by atoms with Gasteiger partial charge >= 0.3 is 6.18 Å². The summed E-state index contributed by atoms with van der Waals surface area (Å²) in [5.74, 6) is -0.500. The highest BCUT2D eigenvalue weighted by Crippen LogP contribution is 2.30. The van der Waals surface area contributed by atoms with E-state index in [-0.39, 0.29) is 12.1 Å². The zero-order valence-electron chi connectivity index (χ0n) is 12.4. The molecule has 24 heavy (non-hydrogen) atoms. The maximum Gasteiger partial charge on any atom is 0.416 e. The van der Waals surface area contributed by atoms with Gasteiger partial charge in [-0.3, -0.25) is 4.79 Å². The first-order chi connectivity index (χ1) is 11.4. The van der Waals surface area contributed by atoms with Gasteiger partial charge in [-0.1, -0.05) is 12.1 Å². The SMILES string of the molecule is O=C(/C=C/c1ccncn1)NCC(O)c1cccc(C(F)(F)F)c1. The van der Waals surface area contributed by atoms with Crippen LogP contribution in [0, 0.1) is 0 Å². The first-order valence-corrected chi connectivity index (χ1v) is 6.93. The Morgan fingerprint density at radius 1 is 1.33 bits per heavy atom. The van der Waals surface area contributed by atoms with Crippen LogP contribution >= 0.6 is 0 Å². The van der Waals surface area contributed by atoms with Crippen LogP contribution < -0.4 is 5.32 Å². The van der Waals surface area contributed by atoms with Gasteiger partial charge in [0.1, 0.15) is 6.33 Å². The summed E-state index contributed by atoms with van der Waals surface area (Å²) < 4.78 is 37.9. The minimum absolute atomic E-state index is 0.0740. The molecule has 5 nitrogen and oxygen atoms in total. The number of halogens is 3. The molecule has 0 fully saturated rings. The molecule has 0 radical (unpaired) electrons. The monoisotopic (exact) mass is 337 g/mol. The lowest BCUT2D eigenvalue weighted by Crippen LogP contribution is -2.26. The van der Waals surface area contributed by atoms with E-state index in [1.54, 1.807) is 6.07 Å². The summed E-state index contributed by atoms with van der Waals surface area (Å²) in [6.07, 6.45) is -0.228. The van der Waals surface area contributed by atoms with Crippen molar-refractivity contribution < 1.29 is 23.1 Å². The number of hydrogen-bond donors (Lipinski definition) is 2. The van der Waals surface area contributed by atoms with Gasteiger partial charge < -0.3 is 10.4 Å². The van der Waals surface area contributed by atoms with E-state index >= 15 is 0 Å². The molecule has 1 unspecified atom stereocenters. The number of aliphatic hydroxyl groups is 1. The van der Waals surface area contributed by atoms with Crippen LogP contribution in [0.25, 0.3) is 6.08 Å². The minimum Gasteiger partial charge on any atom is -0.387 e. The number of aromatic nitrogens is 2. The summed E-state index contributed by atoms with van der Waals surface area (Å²) in [7, 11) is 0. The van der Waals surface area contributed by atoms with Crippen molar-refractivity contribution in [3.63, 3.8) is 0 Å². The summed E-state index contributed by atoms with van der Waals surface area (Å²) in [6.45, 7) is -0.214. The Morgan fingerprint density at radius 3 is 2.79 bits per heavy atom. The Kier molecular flexibility index (Phi) is 5.64. The van der Waals surface area contributed by atoms with Crippen LogP contribution in [0.2, 0.25) is 0 Å². The largest absolute Gasteiger partial charge is 0.416 e. The second-order valence-electron chi connectivity index (χ2n) is 4.85. The van der Waals surface area contributed by atoms with E-state index in [2.05, 4.69) is 15.3 Å². The molecule has 0 bridgehead atoms. The molecule has 0 aliphatic rings. The van der Waals surface area contributed by atoms with Gasteiger partial charge in [-0.15, -0.1) is 0 Å². The molecular weight excluding hydrogens is 323 g/mol. The number of rotatable bonds is 5. The Balaban J connectivity index is 1.92. The van der Waals surface area contributed by atoms with Crippen molar-refractivity contribution >= 4 is 12.0 Å². The van der Waals surface area contributed by atoms with Crippen LogP contribution in [-0.4, -0.2) is 27.5 Å². The lowest BCUT2D eigenvalue weighted by Gasteiger charge is -2.14. The van der Waals surface area contributed by atoms with Crippen LogP contribution in [0.4, 0.5) is 13.2 Å². The number of hydrogen-bond acceptors (Lipinski definition) is 4. The van der Waals surface area contributed by atoms with E-state index in [4.69, 9.17) is 0 Å². The van der Waals surface area contributed by atoms with Crippen LogP contribution in [0.3, 0.4) is 0 Å². The highest BCUT2D eigenvalue weighted by atomic mass is 19.4. The molecular formula is C16H14F3N3O2. The molecule has 0 spiro atoms. The second kappa shape index (κ2) is 7.69. The van der Waals surface area contributed by atoms with Gasteiger partial charge in [0.2, 0.25) is 5.91 Å². The lowest BCUT2D eigenvalue weighted by molar-refractivity contribution is -0.137. The number of aliphatic hydroxyl groups excluding tert-OH is 1. The summed E-state index contributed by atoms with van der Waals surface area (Å²) in [6, 6.07) is 5.94.